The molecule has 1 N–H and O–H groups in total. The smallest absolute Gasteiger partial charge is 0.322 e. The van der Waals surface area contributed by atoms with Crippen LogP contribution in [0.15, 0.2) is 18.2 Å². The number of amides is 2. The highest BCUT2D eigenvalue weighted by molar-refractivity contribution is 8.00. The average molecular weight is 366 g/mol. The first kappa shape index (κ1) is 18.4. The van der Waals surface area contributed by atoms with Crippen LogP contribution in [0, 0.1) is 5.82 Å². The van der Waals surface area contributed by atoms with Crippen molar-refractivity contribution in [1.29, 1.82) is 0 Å². The first-order chi connectivity index (χ1) is 12.0. The SMILES string of the molecule is CC(C)N(C)c1ccc(NC(=O)N2CCS[C@@H]3CCCC[C@H]32)cc1F. The molecule has 1 aromatic rings. The Morgan fingerprint density at radius 1 is 1.36 bits per heavy atom. The largest absolute Gasteiger partial charge is 0.370 e. The zero-order valence-electron chi connectivity index (χ0n) is 15.3. The van der Waals surface area contributed by atoms with Gasteiger partial charge in [0.05, 0.1) is 5.69 Å². The summed E-state index contributed by atoms with van der Waals surface area (Å²) in [4.78, 5) is 16.6. The van der Waals surface area contributed by atoms with E-state index in [4.69, 9.17) is 0 Å². The minimum atomic E-state index is -0.307. The molecule has 0 unspecified atom stereocenters. The van der Waals surface area contributed by atoms with Gasteiger partial charge < -0.3 is 15.1 Å². The molecule has 0 bridgehead atoms. The molecule has 6 heteroatoms. The topological polar surface area (TPSA) is 35.6 Å². The van der Waals surface area contributed by atoms with Gasteiger partial charge in [-0.15, -0.1) is 0 Å². The minimum Gasteiger partial charge on any atom is -0.370 e. The summed E-state index contributed by atoms with van der Waals surface area (Å²) < 4.78 is 14.4. The van der Waals surface area contributed by atoms with Crippen molar-refractivity contribution in [2.75, 3.05) is 29.6 Å². The molecule has 25 heavy (non-hydrogen) atoms. The van der Waals surface area contributed by atoms with Gasteiger partial charge >= 0.3 is 6.03 Å². The summed E-state index contributed by atoms with van der Waals surface area (Å²) in [6.45, 7) is 4.81. The molecule has 0 radical (unpaired) electrons. The van der Waals surface area contributed by atoms with E-state index in [1.54, 1.807) is 12.1 Å². The zero-order valence-corrected chi connectivity index (χ0v) is 16.1. The second-order valence-electron chi connectivity index (χ2n) is 7.26. The average Bonchev–Trinajstić information content (AvgIpc) is 2.60. The van der Waals surface area contributed by atoms with E-state index in [9.17, 15) is 9.18 Å². The number of thioether (sulfide) groups is 1. The molecule has 1 saturated carbocycles. The van der Waals surface area contributed by atoms with Crippen molar-refractivity contribution in [2.45, 2.75) is 56.9 Å². The molecule has 2 amide bonds. The van der Waals surface area contributed by atoms with Crippen molar-refractivity contribution in [3.8, 4) is 0 Å². The van der Waals surface area contributed by atoms with Gasteiger partial charge in [0.15, 0.2) is 0 Å². The molecule has 2 fully saturated rings. The van der Waals surface area contributed by atoms with Crippen LogP contribution < -0.4 is 10.2 Å². The maximum atomic E-state index is 14.4. The van der Waals surface area contributed by atoms with Gasteiger partial charge in [0.25, 0.3) is 0 Å². The van der Waals surface area contributed by atoms with Crippen LogP contribution in [0.4, 0.5) is 20.6 Å². The zero-order chi connectivity index (χ0) is 18.0. The number of halogens is 1. The summed E-state index contributed by atoms with van der Waals surface area (Å²) in [7, 11) is 1.87. The summed E-state index contributed by atoms with van der Waals surface area (Å²) in [5, 5.41) is 3.46. The van der Waals surface area contributed by atoms with Crippen LogP contribution in [0.2, 0.25) is 0 Å². The number of hydrogen-bond acceptors (Lipinski definition) is 3. The van der Waals surface area contributed by atoms with Crippen LogP contribution >= 0.6 is 11.8 Å². The molecule has 1 heterocycles. The Bertz CT molecular complexity index is 623. The molecule has 138 valence electrons. The lowest BCUT2D eigenvalue weighted by Crippen LogP contribution is -2.53. The van der Waals surface area contributed by atoms with E-state index in [1.165, 1.54) is 25.3 Å². The Kier molecular flexibility index (Phi) is 5.77. The highest BCUT2D eigenvalue weighted by Gasteiger charge is 2.36. The van der Waals surface area contributed by atoms with Gasteiger partial charge in [-0.05, 0) is 44.9 Å². The molecule has 2 aliphatic rings. The van der Waals surface area contributed by atoms with Crippen molar-refractivity contribution >= 4 is 29.2 Å². The number of nitrogens with one attached hydrogen (secondary N) is 1. The second-order valence-corrected chi connectivity index (χ2v) is 8.60. The van der Waals surface area contributed by atoms with Gasteiger partial charge in [0.1, 0.15) is 5.82 Å². The molecule has 1 aliphatic carbocycles. The van der Waals surface area contributed by atoms with Gasteiger partial charge in [-0.25, -0.2) is 9.18 Å². The molecule has 0 aromatic heterocycles. The van der Waals surface area contributed by atoms with Crippen LogP contribution in [-0.4, -0.2) is 47.6 Å². The second kappa shape index (κ2) is 7.85. The van der Waals surface area contributed by atoms with Gasteiger partial charge in [0, 0.05) is 42.4 Å². The monoisotopic (exact) mass is 365 g/mol. The standard InChI is InChI=1S/C19H28FN3OS/c1-13(2)22(3)16-9-8-14(12-15(16)20)21-19(24)23-10-11-25-18-7-5-4-6-17(18)23/h8-9,12-13,17-18H,4-7,10-11H2,1-3H3,(H,21,24)/t17-,18-/m1/s1. The van der Waals surface area contributed by atoms with Crippen molar-refractivity contribution < 1.29 is 9.18 Å². The Morgan fingerprint density at radius 3 is 2.84 bits per heavy atom. The van der Waals surface area contributed by atoms with Gasteiger partial charge in [-0.1, -0.05) is 12.8 Å². The maximum absolute atomic E-state index is 14.4. The van der Waals surface area contributed by atoms with E-state index in [-0.39, 0.29) is 17.9 Å². The van der Waals surface area contributed by atoms with E-state index in [1.807, 2.05) is 42.5 Å². The molecule has 1 aromatic carbocycles. The van der Waals surface area contributed by atoms with Crippen molar-refractivity contribution in [3.63, 3.8) is 0 Å². The molecular weight excluding hydrogens is 337 g/mol. The quantitative estimate of drug-likeness (QED) is 0.853. The summed E-state index contributed by atoms with van der Waals surface area (Å²) in [5.41, 5.74) is 1.07. The summed E-state index contributed by atoms with van der Waals surface area (Å²) >= 11 is 2.00. The molecule has 1 aliphatic heterocycles. The van der Waals surface area contributed by atoms with E-state index >= 15 is 0 Å². The number of carbonyl (C=O) groups excluding carboxylic acids is 1. The van der Waals surface area contributed by atoms with Crippen LogP contribution in [-0.2, 0) is 0 Å². The van der Waals surface area contributed by atoms with Crippen molar-refractivity contribution in [1.82, 2.24) is 4.90 Å². The van der Waals surface area contributed by atoms with Crippen LogP contribution in [0.5, 0.6) is 0 Å². The third-order valence-electron chi connectivity index (χ3n) is 5.35. The molecular formula is C19H28FN3OS. The predicted octanol–water partition coefficient (Wildman–Crippen LogP) is 4.56. The lowest BCUT2D eigenvalue weighted by atomic mass is 9.93. The number of hydrogen-bond donors (Lipinski definition) is 1. The third-order valence-corrected chi connectivity index (χ3v) is 6.74. The number of carbonyl (C=O) groups is 1. The lowest BCUT2D eigenvalue weighted by molar-refractivity contribution is 0.171. The number of rotatable bonds is 3. The van der Waals surface area contributed by atoms with Crippen LogP contribution in [0.3, 0.4) is 0 Å². The van der Waals surface area contributed by atoms with E-state index in [2.05, 4.69) is 5.32 Å². The maximum Gasteiger partial charge on any atom is 0.322 e. The predicted molar refractivity (Wildman–Crippen MR) is 104 cm³/mol. The summed E-state index contributed by atoms with van der Waals surface area (Å²) in [5.74, 6) is 0.680. The number of fused-ring (bicyclic) bond motifs is 1. The van der Waals surface area contributed by atoms with E-state index in [0.29, 0.717) is 22.7 Å². The Labute approximate surface area is 154 Å². The third kappa shape index (κ3) is 4.05. The van der Waals surface area contributed by atoms with Crippen LogP contribution in [0.25, 0.3) is 0 Å². The lowest BCUT2D eigenvalue weighted by Gasteiger charge is -2.43. The fourth-order valence-corrected chi connectivity index (χ4v) is 5.14. The minimum absolute atomic E-state index is 0.0958. The highest BCUT2D eigenvalue weighted by atomic mass is 32.2. The summed E-state index contributed by atoms with van der Waals surface area (Å²) in [6, 6.07) is 5.38. The van der Waals surface area contributed by atoms with E-state index in [0.717, 1.165) is 18.7 Å². The number of urea groups is 1. The normalized spacial score (nSPS) is 23.3. The van der Waals surface area contributed by atoms with Gasteiger partial charge in [0.2, 0.25) is 0 Å². The Morgan fingerprint density at radius 2 is 2.12 bits per heavy atom. The summed E-state index contributed by atoms with van der Waals surface area (Å²) in [6.07, 6.45) is 4.73. The first-order valence-electron chi connectivity index (χ1n) is 9.19. The van der Waals surface area contributed by atoms with Gasteiger partial charge in [-0.2, -0.15) is 11.8 Å². The Hall–Kier alpha value is -1.43. The number of anilines is 2. The molecule has 0 spiro atoms. The van der Waals surface area contributed by atoms with Crippen molar-refractivity contribution in [2.24, 2.45) is 0 Å². The highest BCUT2D eigenvalue weighted by Crippen LogP contribution is 2.35. The molecule has 1 saturated heterocycles. The molecule has 2 atom stereocenters. The molecule has 4 nitrogen and oxygen atoms in total. The fraction of sp³-hybridized carbons (Fsp3) is 0.632. The van der Waals surface area contributed by atoms with Crippen LogP contribution in [0.1, 0.15) is 39.5 Å². The molecule has 3 rings (SSSR count). The number of nitrogens with zero attached hydrogens (tertiary/aromatic N) is 2. The first-order valence-corrected chi connectivity index (χ1v) is 10.2. The van der Waals surface area contributed by atoms with Gasteiger partial charge in [-0.3, -0.25) is 0 Å². The van der Waals surface area contributed by atoms with Crippen molar-refractivity contribution in [3.05, 3.63) is 24.0 Å². The van der Waals surface area contributed by atoms with E-state index < -0.39 is 0 Å². The number of benzene rings is 1. The Balaban J connectivity index is 1.69. The fourth-order valence-electron chi connectivity index (χ4n) is 3.69.